The minimum Gasteiger partial charge on any atom is -0.467 e. The highest BCUT2D eigenvalue weighted by molar-refractivity contribution is 9.10. The van der Waals surface area contributed by atoms with Crippen LogP contribution in [0.3, 0.4) is 0 Å². The zero-order valence-electron chi connectivity index (χ0n) is 9.05. The first-order valence-corrected chi connectivity index (χ1v) is 5.70. The summed E-state index contributed by atoms with van der Waals surface area (Å²) in [7, 11) is 1.91. The second kappa shape index (κ2) is 6.82. The van der Waals surface area contributed by atoms with Gasteiger partial charge in [-0.3, -0.25) is 0 Å². The van der Waals surface area contributed by atoms with Gasteiger partial charge in [0, 0.05) is 23.2 Å². The maximum absolute atomic E-state index is 5.50. The van der Waals surface area contributed by atoms with Crippen molar-refractivity contribution in [2.45, 2.75) is 13.5 Å². The third-order valence-electron chi connectivity index (χ3n) is 1.89. The van der Waals surface area contributed by atoms with E-state index >= 15 is 0 Å². The quantitative estimate of drug-likeness (QED) is 0.638. The number of nitrogens with one attached hydrogen (secondary N) is 1. The average Bonchev–Trinajstić information content (AvgIpc) is 2.22. The van der Waals surface area contributed by atoms with Gasteiger partial charge in [-0.1, -0.05) is 15.9 Å². The van der Waals surface area contributed by atoms with Gasteiger partial charge in [-0.15, -0.1) is 0 Å². The Morgan fingerprint density at radius 3 is 2.87 bits per heavy atom. The number of ether oxygens (including phenoxy) is 2. The smallest absolute Gasteiger partial charge is 0.189 e. The lowest BCUT2D eigenvalue weighted by atomic mass is 10.2. The zero-order chi connectivity index (χ0) is 11.1. The average molecular weight is 274 g/mol. The lowest BCUT2D eigenvalue weighted by molar-refractivity contribution is 0.0218. The normalized spacial score (nSPS) is 10.3. The Kier molecular flexibility index (Phi) is 5.68. The lowest BCUT2D eigenvalue weighted by Crippen LogP contribution is -2.09. The van der Waals surface area contributed by atoms with Gasteiger partial charge in [0.15, 0.2) is 6.79 Å². The summed E-state index contributed by atoms with van der Waals surface area (Å²) in [5.41, 5.74) is 1.12. The Labute approximate surface area is 98.9 Å². The molecule has 0 saturated heterocycles. The van der Waals surface area contributed by atoms with Gasteiger partial charge >= 0.3 is 0 Å². The van der Waals surface area contributed by atoms with E-state index in [1.165, 1.54) is 0 Å². The van der Waals surface area contributed by atoms with Gasteiger partial charge in [0.1, 0.15) is 5.75 Å². The summed E-state index contributed by atoms with van der Waals surface area (Å²) in [5, 5.41) is 3.10. The third kappa shape index (κ3) is 4.20. The molecular formula is C11H16BrNO2. The van der Waals surface area contributed by atoms with E-state index in [9.17, 15) is 0 Å². The van der Waals surface area contributed by atoms with Crippen molar-refractivity contribution < 1.29 is 9.47 Å². The maximum atomic E-state index is 5.50. The molecule has 0 bridgehead atoms. The highest BCUT2D eigenvalue weighted by Gasteiger charge is 2.03. The molecule has 1 N–H and O–H groups in total. The minimum atomic E-state index is 0.300. The van der Waals surface area contributed by atoms with Crippen molar-refractivity contribution in [2.24, 2.45) is 0 Å². The van der Waals surface area contributed by atoms with Crippen LogP contribution in [0.1, 0.15) is 12.5 Å². The number of hydrogen-bond donors (Lipinski definition) is 1. The number of rotatable bonds is 6. The van der Waals surface area contributed by atoms with Crippen LogP contribution >= 0.6 is 15.9 Å². The van der Waals surface area contributed by atoms with Crippen molar-refractivity contribution in [3.63, 3.8) is 0 Å². The van der Waals surface area contributed by atoms with Crippen LogP contribution in [0.25, 0.3) is 0 Å². The Morgan fingerprint density at radius 2 is 2.20 bits per heavy atom. The van der Waals surface area contributed by atoms with E-state index in [4.69, 9.17) is 9.47 Å². The molecule has 0 aliphatic heterocycles. The number of benzene rings is 1. The van der Waals surface area contributed by atoms with Gasteiger partial charge in [-0.25, -0.2) is 0 Å². The molecule has 0 saturated carbocycles. The van der Waals surface area contributed by atoms with Gasteiger partial charge < -0.3 is 14.8 Å². The van der Waals surface area contributed by atoms with Crippen molar-refractivity contribution in [2.75, 3.05) is 20.4 Å². The molecule has 4 heteroatoms. The fraction of sp³-hybridized carbons (Fsp3) is 0.455. The molecule has 0 fully saturated rings. The molecule has 0 heterocycles. The van der Waals surface area contributed by atoms with E-state index in [1.807, 2.05) is 32.2 Å². The van der Waals surface area contributed by atoms with E-state index in [2.05, 4.69) is 21.2 Å². The van der Waals surface area contributed by atoms with Gasteiger partial charge in [0.25, 0.3) is 0 Å². The SMILES string of the molecule is CCOCOc1ccc(Br)cc1CNC. The first-order valence-electron chi connectivity index (χ1n) is 4.91. The van der Waals surface area contributed by atoms with Crippen molar-refractivity contribution in [1.82, 2.24) is 5.32 Å². The third-order valence-corrected chi connectivity index (χ3v) is 2.38. The van der Waals surface area contributed by atoms with Crippen LogP contribution in [-0.4, -0.2) is 20.4 Å². The zero-order valence-corrected chi connectivity index (χ0v) is 10.6. The largest absolute Gasteiger partial charge is 0.467 e. The van der Waals surface area contributed by atoms with Gasteiger partial charge in [0.2, 0.25) is 0 Å². The van der Waals surface area contributed by atoms with Gasteiger partial charge in [0.05, 0.1) is 0 Å². The van der Waals surface area contributed by atoms with Crippen molar-refractivity contribution in [3.05, 3.63) is 28.2 Å². The lowest BCUT2D eigenvalue weighted by Gasteiger charge is -2.11. The summed E-state index contributed by atoms with van der Waals surface area (Å²) < 4.78 is 11.7. The monoisotopic (exact) mass is 273 g/mol. The van der Waals surface area contributed by atoms with Crippen molar-refractivity contribution in [1.29, 1.82) is 0 Å². The molecule has 0 aliphatic rings. The fourth-order valence-electron chi connectivity index (χ4n) is 1.21. The molecule has 0 atom stereocenters. The van der Waals surface area contributed by atoms with Crippen LogP contribution in [0.15, 0.2) is 22.7 Å². The molecular weight excluding hydrogens is 258 g/mol. The highest BCUT2D eigenvalue weighted by Crippen LogP contribution is 2.23. The highest BCUT2D eigenvalue weighted by atomic mass is 79.9. The molecule has 1 aromatic carbocycles. The van der Waals surface area contributed by atoms with Crippen molar-refractivity contribution in [3.8, 4) is 5.75 Å². The Balaban J connectivity index is 2.67. The Bertz CT molecular complexity index is 305. The van der Waals surface area contributed by atoms with E-state index in [1.54, 1.807) is 0 Å². The van der Waals surface area contributed by atoms with Gasteiger partial charge in [-0.2, -0.15) is 0 Å². The van der Waals surface area contributed by atoms with Gasteiger partial charge in [-0.05, 0) is 32.2 Å². The van der Waals surface area contributed by atoms with Crippen LogP contribution in [-0.2, 0) is 11.3 Å². The first-order chi connectivity index (χ1) is 7.27. The topological polar surface area (TPSA) is 30.5 Å². The molecule has 3 nitrogen and oxygen atoms in total. The van der Waals surface area contributed by atoms with Crippen LogP contribution in [0.4, 0.5) is 0 Å². The molecule has 1 aromatic rings. The standard InChI is InChI=1S/C11H16BrNO2/c1-3-14-8-15-11-5-4-10(12)6-9(11)7-13-2/h4-6,13H,3,7-8H2,1-2H3. The van der Waals surface area contributed by atoms with E-state index in [-0.39, 0.29) is 0 Å². The number of halogens is 1. The van der Waals surface area contributed by atoms with Crippen molar-refractivity contribution >= 4 is 15.9 Å². The molecule has 0 aromatic heterocycles. The summed E-state index contributed by atoms with van der Waals surface area (Å²) in [6, 6.07) is 5.94. The summed E-state index contributed by atoms with van der Waals surface area (Å²) in [5.74, 6) is 0.862. The van der Waals surface area contributed by atoms with E-state index in [0.29, 0.717) is 13.4 Å². The molecule has 0 radical (unpaired) electrons. The molecule has 0 amide bonds. The maximum Gasteiger partial charge on any atom is 0.189 e. The number of hydrogen-bond acceptors (Lipinski definition) is 3. The summed E-state index contributed by atoms with van der Waals surface area (Å²) in [4.78, 5) is 0. The summed E-state index contributed by atoms with van der Waals surface area (Å²) in [6.07, 6.45) is 0. The second-order valence-corrected chi connectivity index (χ2v) is 3.95. The Hall–Kier alpha value is -0.580. The van der Waals surface area contributed by atoms with Crippen LogP contribution < -0.4 is 10.1 Å². The summed E-state index contributed by atoms with van der Waals surface area (Å²) >= 11 is 3.43. The molecule has 1 rings (SSSR count). The second-order valence-electron chi connectivity index (χ2n) is 3.04. The fourth-order valence-corrected chi connectivity index (χ4v) is 1.61. The van der Waals surface area contributed by atoms with Crippen LogP contribution in [0.2, 0.25) is 0 Å². The first kappa shape index (κ1) is 12.5. The molecule has 15 heavy (non-hydrogen) atoms. The molecule has 0 unspecified atom stereocenters. The Morgan fingerprint density at radius 1 is 1.40 bits per heavy atom. The predicted octanol–water partition coefficient (Wildman–Crippen LogP) is 2.54. The molecule has 0 spiro atoms. The van der Waals surface area contributed by atoms with E-state index in [0.717, 1.165) is 22.3 Å². The van der Waals surface area contributed by atoms with Crippen LogP contribution in [0, 0.1) is 0 Å². The molecule has 84 valence electrons. The minimum absolute atomic E-state index is 0.300. The predicted molar refractivity (Wildman–Crippen MR) is 64.0 cm³/mol. The molecule has 0 aliphatic carbocycles. The van der Waals surface area contributed by atoms with Crippen LogP contribution in [0.5, 0.6) is 5.75 Å². The summed E-state index contributed by atoms with van der Waals surface area (Å²) in [6.45, 7) is 3.69. The van der Waals surface area contributed by atoms with E-state index < -0.39 is 0 Å².